The van der Waals surface area contributed by atoms with E-state index in [4.69, 9.17) is 9.05 Å². The summed E-state index contributed by atoms with van der Waals surface area (Å²) in [5, 5.41) is 13.0. The Morgan fingerprint density at radius 3 is 1.41 bits per heavy atom. The number of aliphatic hydroxyl groups excluding tert-OH is 1. The molecule has 0 spiro atoms. The molecule has 7 rings (SSSR count). The second kappa shape index (κ2) is 13.1. The Labute approximate surface area is 295 Å². The zero-order chi connectivity index (χ0) is 34.7. The van der Waals surface area contributed by atoms with Gasteiger partial charge in [0.15, 0.2) is 5.85 Å². The Morgan fingerprint density at radius 2 is 1.06 bits per heavy atom. The zero-order valence-corrected chi connectivity index (χ0v) is 31.4. The summed E-state index contributed by atoms with van der Waals surface area (Å²) in [5.41, 5.74) is 3.27. The molecule has 0 heterocycles. The highest BCUT2D eigenvalue weighted by Crippen LogP contribution is 2.73. The summed E-state index contributed by atoms with van der Waals surface area (Å²) < 4.78 is 30.1. The Kier molecular flexibility index (Phi) is 9.36. The third-order valence-electron chi connectivity index (χ3n) is 14.9. The van der Waals surface area contributed by atoms with Crippen LogP contribution in [-0.2, 0) is 33.1 Å². The highest BCUT2D eigenvalue weighted by molar-refractivity contribution is 7.54. The van der Waals surface area contributed by atoms with Crippen molar-refractivity contribution in [2.45, 2.75) is 124 Å². The Morgan fingerprint density at radius 1 is 0.673 bits per heavy atom. The van der Waals surface area contributed by atoms with E-state index in [0.29, 0.717) is 31.3 Å². The molecular weight excluding hydrogens is 625 g/mol. The molecule has 0 aliphatic heterocycles. The van der Waals surface area contributed by atoms with Gasteiger partial charge in [0.05, 0.1) is 18.2 Å². The summed E-state index contributed by atoms with van der Waals surface area (Å²) in [6.45, 7) is 15.3. The van der Waals surface area contributed by atoms with Gasteiger partial charge in [-0.05, 0) is 95.1 Å². The summed E-state index contributed by atoms with van der Waals surface area (Å²) in [4.78, 5) is 2.31. The van der Waals surface area contributed by atoms with E-state index in [1.54, 1.807) is 0 Å². The van der Waals surface area contributed by atoms with Crippen LogP contribution in [-0.4, -0.2) is 34.1 Å². The van der Waals surface area contributed by atoms with Crippen molar-refractivity contribution in [3.8, 4) is 0 Å². The Bertz CT molecular complexity index is 1540. The van der Waals surface area contributed by atoms with Crippen LogP contribution in [0.1, 0.15) is 96.8 Å². The molecule has 4 fully saturated rings. The van der Waals surface area contributed by atoms with Crippen molar-refractivity contribution in [2.24, 2.45) is 33.5 Å². The molecule has 0 radical (unpaired) electrons. The number of benzene rings is 3. The predicted molar refractivity (Wildman–Crippen MR) is 198 cm³/mol. The lowest BCUT2D eigenvalue weighted by atomic mass is 9.70. The van der Waals surface area contributed by atoms with Crippen LogP contribution in [0.2, 0.25) is 0 Å². The molecule has 6 heteroatoms. The van der Waals surface area contributed by atoms with Crippen molar-refractivity contribution in [3.05, 3.63) is 108 Å². The number of hydrogen-bond acceptors (Lipinski definition) is 5. The molecule has 5 nitrogen and oxygen atoms in total. The second-order valence-corrected chi connectivity index (χ2v) is 19.5. The average molecular weight is 684 g/mol. The molecule has 3 aromatic rings. The van der Waals surface area contributed by atoms with E-state index in [1.165, 1.54) is 12.8 Å². The van der Waals surface area contributed by atoms with Crippen molar-refractivity contribution in [1.29, 1.82) is 0 Å². The van der Waals surface area contributed by atoms with Gasteiger partial charge < -0.3 is 14.2 Å². The van der Waals surface area contributed by atoms with E-state index in [9.17, 15) is 5.11 Å². The summed E-state index contributed by atoms with van der Waals surface area (Å²) >= 11 is 0. The monoisotopic (exact) mass is 683 g/mol. The lowest BCUT2D eigenvalue weighted by molar-refractivity contribution is -0.0335. The van der Waals surface area contributed by atoms with Crippen LogP contribution in [0, 0.1) is 33.5 Å². The topological polar surface area (TPSA) is 59.0 Å². The molecule has 4 aliphatic rings. The summed E-state index contributed by atoms with van der Waals surface area (Å²) in [6.07, 6.45) is 6.22. The first-order valence-electron chi connectivity index (χ1n) is 18.8. The number of hydrogen-bond donors (Lipinski definition) is 1. The molecule has 3 aromatic carbocycles. The van der Waals surface area contributed by atoms with E-state index in [1.807, 2.05) is 30.3 Å². The number of aliphatic hydroxyl groups is 1. The molecule has 49 heavy (non-hydrogen) atoms. The molecule has 8 unspecified atom stereocenters. The van der Waals surface area contributed by atoms with Gasteiger partial charge in [0.2, 0.25) is 0 Å². The van der Waals surface area contributed by atoms with Crippen LogP contribution < -0.4 is 0 Å². The van der Waals surface area contributed by atoms with Crippen LogP contribution in [0.4, 0.5) is 0 Å². The molecule has 264 valence electrons. The lowest BCUT2D eigenvalue weighted by Crippen LogP contribution is -2.47. The number of nitrogens with zero attached hydrogens (tertiary/aromatic N) is 1. The van der Waals surface area contributed by atoms with Crippen LogP contribution in [0.25, 0.3) is 0 Å². The van der Waals surface area contributed by atoms with E-state index in [-0.39, 0.29) is 33.9 Å². The van der Waals surface area contributed by atoms with Gasteiger partial charge in [0.25, 0.3) is 0 Å². The van der Waals surface area contributed by atoms with Crippen LogP contribution in [0.3, 0.4) is 0 Å². The second-order valence-electron chi connectivity index (χ2n) is 17.5. The first kappa shape index (κ1) is 35.1. The van der Waals surface area contributed by atoms with Gasteiger partial charge in [-0.25, -0.2) is 0 Å². The van der Waals surface area contributed by atoms with Crippen molar-refractivity contribution < 1.29 is 18.7 Å². The molecule has 0 aromatic heterocycles. The highest BCUT2D eigenvalue weighted by atomic mass is 31.2. The largest absolute Gasteiger partial charge is 0.379 e. The lowest BCUT2D eigenvalue weighted by Gasteiger charge is -2.45. The van der Waals surface area contributed by atoms with Crippen molar-refractivity contribution >= 4 is 7.60 Å². The third-order valence-corrected chi connectivity index (χ3v) is 16.9. The van der Waals surface area contributed by atoms with Crippen LogP contribution >= 0.6 is 7.60 Å². The maximum Gasteiger partial charge on any atom is 0.361 e. The van der Waals surface area contributed by atoms with Gasteiger partial charge >= 0.3 is 7.60 Å². The van der Waals surface area contributed by atoms with E-state index in [2.05, 4.69) is 107 Å². The molecule has 4 aliphatic carbocycles. The maximum absolute atomic E-state index is 16.0. The predicted octanol–water partition coefficient (Wildman–Crippen LogP) is 10.3. The Balaban J connectivity index is 1.30. The number of rotatable bonds is 13. The smallest absolute Gasteiger partial charge is 0.361 e. The van der Waals surface area contributed by atoms with Gasteiger partial charge in [-0.3, -0.25) is 9.46 Å². The fourth-order valence-corrected chi connectivity index (χ4v) is 12.9. The fourth-order valence-electron chi connectivity index (χ4n) is 10.5. The minimum Gasteiger partial charge on any atom is -0.379 e. The van der Waals surface area contributed by atoms with Gasteiger partial charge in [0.1, 0.15) is 0 Å². The summed E-state index contributed by atoms with van der Waals surface area (Å²) in [7, 11) is -4.11. The van der Waals surface area contributed by atoms with Gasteiger partial charge in [-0.1, -0.05) is 133 Å². The van der Waals surface area contributed by atoms with E-state index >= 15 is 4.57 Å². The van der Waals surface area contributed by atoms with Gasteiger partial charge in [0, 0.05) is 13.1 Å². The quantitative estimate of drug-likeness (QED) is 0.182. The zero-order valence-electron chi connectivity index (χ0n) is 30.6. The molecule has 4 saturated carbocycles. The molecule has 1 N–H and O–H groups in total. The molecule has 0 saturated heterocycles. The first-order valence-corrected chi connectivity index (χ1v) is 20.4. The summed E-state index contributed by atoms with van der Waals surface area (Å²) in [5.74, 6) is -0.309. The van der Waals surface area contributed by atoms with E-state index < -0.39 is 19.5 Å². The van der Waals surface area contributed by atoms with Crippen LogP contribution in [0.15, 0.2) is 91.0 Å². The van der Waals surface area contributed by atoms with Crippen molar-refractivity contribution in [2.75, 3.05) is 0 Å². The normalized spacial score (nSPS) is 33.5. The van der Waals surface area contributed by atoms with Gasteiger partial charge in [-0.15, -0.1) is 0 Å². The molecule has 8 atom stereocenters. The molecular formula is C43H58NO4P. The maximum atomic E-state index is 16.0. The SMILES string of the molecule is CC1(C)C2CCC1(C)C(OP(=O)(OC1CC3CCC1(C)C3(C)C)C(O)C(Cc1ccccc1)N(Cc1ccccc1)Cc1ccccc1)C2. The third kappa shape index (κ3) is 6.10. The van der Waals surface area contributed by atoms with E-state index in [0.717, 1.165) is 42.4 Å². The average Bonchev–Trinajstić information content (AvgIpc) is 3.60. The van der Waals surface area contributed by atoms with Crippen molar-refractivity contribution in [1.82, 2.24) is 4.90 Å². The highest BCUT2D eigenvalue weighted by Gasteiger charge is 2.66. The fraction of sp³-hybridized carbons (Fsp3) is 0.581. The van der Waals surface area contributed by atoms with Crippen molar-refractivity contribution in [3.63, 3.8) is 0 Å². The van der Waals surface area contributed by atoms with Crippen LogP contribution in [0.5, 0.6) is 0 Å². The molecule has 4 bridgehead atoms. The first-order chi connectivity index (χ1) is 23.3. The minimum atomic E-state index is -4.11. The minimum absolute atomic E-state index is 0.0734. The molecule has 0 amide bonds. The number of fused-ring (bicyclic) bond motifs is 4. The summed E-state index contributed by atoms with van der Waals surface area (Å²) in [6, 6.07) is 30.6. The Hall–Kier alpha value is -2.27. The van der Waals surface area contributed by atoms with Gasteiger partial charge in [-0.2, -0.15) is 0 Å². The standard InChI is InChI=1S/C43H58NO4P/c1-40(2)34-22-24-42(40,5)37(27-34)47-49(46,48-38-28-35-23-25-43(38,6)41(35,3)4)39(45)36(26-31-16-10-7-11-17-31)44(29-32-18-12-8-13-19-32)30-33-20-14-9-15-21-33/h7-21,34-39,45H,22-30H2,1-6H3.